The number of carboxylic acid groups (broad SMARTS) is 2. The Morgan fingerprint density at radius 1 is 0.714 bits per heavy atom. The van der Waals surface area contributed by atoms with Crippen LogP contribution in [0, 0.1) is 0 Å². The van der Waals surface area contributed by atoms with Gasteiger partial charge < -0.3 is 51.3 Å². The maximum Gasteiger partial charge on any atom is 0.326 e. The molecule has 3 amide bonds. The number of aliphatic hydroxyl groups excluding tert-OH is 4. The van der Waals surface area contributed by atoms with E-state index in [-0.39, 0.29) is 19.3 Å². The molecule has 42 heavy (non-hydrogen) atoms. The monoisotopic (exact) mass is 605 g/mol. The Kier molecular flexibility index (Phi) is 17.8. The molecule has 0 aromatic rings. The van der Waals surface area contributed by atoms with E-state index in [0.29, 0.717) is 6.42 Å². The van der Waals surface area contributed by atoms with Crippen LogP contribution >= 0.6 is 0 Å². The zero-order chi connectivity index (χ0) is 31.7. The number of unbranched alkanes of at least 4 members (excludes halogenated alkanes) is 7. The van der Waals surface area contributed by atoms with Crippen LogP contribution in [0.2, 0.25) is 0 Å². The highest BCUT2D eigenvalue weighted by molar-refractivity contribution is 5.91. The molecule has 9 N–H and O–H groups in total. The molecule has 242 valence electrons. The molecule has 1 aliphatic heterocycles. The number of rotatable bonds is 21. The highest BCUT2D eigenvalue weighted by Crippen LogP contribution is 2.20. The molecule has 1 aliphatic rings. The van der Waals surface area contributed by atoms with Gasteiger partial charge in [-0.25, -0.2) is 4.79 Å². The third-order valence-electron chi connectivity index (χ3n) is 7.03. The van der Waals surface area contributed by atoms with Gasteiger partial charge in [-0.15, -0.1) is 0 Å². The molecular weight excluding hydrogens is 558 g/mol. The summed E-state index contributed by atoms with van der Waals surface area (Å²) in [5.41, 5.74) is 0. The lowest BCUT2D eigenvalue weighted by Gasteiger charge is -2.40. The molecule has 7 atom stereocenters. The third kappa shape index (κ3) is 13.9. The summed E-state index contributed by atoms with van der Waals surface area (Å²) in [5, 5.41) is 64.3. The van der Waals surface area contributed by atoms with E-state index in [1.54, 1.807) is 0 Å². The van der Waals surface area contributed by atoms with E-state index in [1.807, 2.05) is 0 Å². The molecular formula is C27H47N3O12. The first-order valence-corrected chi connectivity index (χ1v) is 14.5. The molecule has 15 nitrogen and oxygen atoms in total. The van der Waals surface area contributed by atoms with Gasteiger partial charge >= 0.3 is 11.9 Å². The minimum atomic E-state index is -1.69. The van der Waals surface area contributed by atoms with Gasteiger partial charge in [0.15, 0.2) is 6.23 Å². The fourth-order valence-electron chi connectivity index (χ4n) is 4.49. The Labute approximate surface area is 245 Å². The zero-order valence-electron chi connectivity index (χ0n) is 24.1. The van der Waals surface area contributed by atoms with E-state index in [1.165, 1.54) is 6.42 Å². The Morgan fingerprint density at radius 2 is 1.31 bits per heavy atom. The SMILES string of the molecule is CCCCCCCCCC[C@@H](NC(=O)CCC(=O)N[C@@H]1O[C@H](CO)[C@@H](O)[C@H](O)[C@H]1O)C(=O)N[C@@H](CCC(=O)O)C(=O)O. The molecule has 0 bridgehead atoms. The fraction of sp³-hybridized carbons (Fsp3) is 0.815. The number of carbonyl (C=O) groups excluding carboxylic acids is 3. The lowest BCUT2D eigenvalue weighted by molar-refractivity contribution is -0.236. The molecule has 1 fully saturated rings. The fourth-order valence-corrected chi connectivity index (χ4v) is 4.49. The predicted molar refractivity (Wildman–Crippen MR) is 147 cm³/mol. The van der Waals surface area contributed by atoms with Crippen LogP contribution < -0.4 is 16.0 Å². The summed E-state index contributed by atoms with van der Waals surface area (Å²) in [6.45, 7) is 1.45. The van der Waals surface area contributed by atoms with Crippen molar-refractivity contribution in [3.8, 4) is 0 Å². The van der Waals surface area contributed by atoms with E-state index < -0.39 is 91.8 Å². The van der Waals surface area contributed by atoms with Crippen LogP contribution in [-0.4, -0.2) is 110 Å². The summed E-state index contributed by atoms with van der Waals surface area (Å²) in [6.07, 6.45) is -1.18. The summed E-state index contributed by atoms with van der Waals surface area (Å²) in [6, 6.07) is -2.58. The van der Waals surface area contributed by atoms with Crippen molar-refractivity contribution in [3.05, 3.63) is 0 Å². The molecule has 0 aromatic carbocycles. The molecule has 1 rings (SSSR count). The number of hydrogen-bond donors (Lipinski definition) is 9. The van der Waals surface area contributed by atoms with Gasteiger partial charge in [-0.3, -0.25) is 19.2 Å². The van der Waals surface area contributed by atoms with Gasteiger partial charge in [0.2, 0.25) is 17.7 Å². The molecule has 0 aromatic heterocycles. The number of hydrogen-bond acceptors (Lipinski definition) is 10. The van der Waals surface area contributed by atoms with Crippen molar-refractivity contribution in [2.45, 2.75) is 133 Å². The number of carboxylic acids is 2. The van der Waals surface area contributed by atoms with Crippen LogP contribution in [0.1, 0.15) is 90.4 Å². The standard InChI is InChI=1S/C27H47N3O12/c1-2-3-4-5-6-7-8-9-10-16(25(39)29-17(27(40)41)11-14-21(34)35)28-19(32)12-13-20(33)30-26-24(38)23(37)22(36)18(15-31)42-26/h16-18,22-24,26,31,36-38H,2-15H2,1H3,(H,28,32)(H,29,39)(H,30,33)(H,34,35)(H,40,41)/t16-,17+,18-,22-,23+,24-,26-/m1/s1. The molecule has 1 saturated heterocycles. The molecule has 0 aliphatic carbocycles. The van der Waals surface area contributed by atoms with Gasteiger partial charge in [0, 0.05) is 19.3 Å². The molecule has 1 heterocycles. The smallest absolute Gasteiger partial charge is 0.326 e. The first kappa shape index (κ1) is 37.2. The second-order valence-electron chi connectivity index (χ2n) is 10.5. The topological polar surface area (TPSA) is 252 Å². The second kappa shape index (κ2) is 20.1. The minimum Gasteiger partial charge on any atom is -0.481 e. The van der Waals surface area contributed by atoms with Crippen LogP contribution in [0.4, 0.5) is 0 Å². The van der Waals surface area contributed by atoms with Crippen molar-refractivity contribution < 1.29 is 59.3 Å². The number of ether oxygens (including phenoxy) is 1. The lowest BCUT2D eigenvalue weighted by atomic mass is 9.98. The number of aliphatic carboxylic acids is 2. The summed E-state index contributed by atoms with van der Waals surface area (Å²) in [5.74, 6) is -4.85. The van der Waals surface area contributed by atoms with E-state index in [9.17, 15) is 49.5 Å². The maximum atomic E-state index is 12.9. The molecule has 0 saturated carbocycles. The molecule has 0 radical (unpaired) electrons. The summed E-state index contributed by atoms with van der Waals surface area (Å²) in [4.78, 5) is 60.3. The largest absolute Gasteiger partial charge is 0.481 e. The van der Waals surface area contributed by atoms with Crippen LogP contribution in [-0.2, 0) is 28.7 Å². The second-order valence-corrected chi connectivity index (χ2v) is 10.5. The van der Waals surface area contributed by atoms with E-state index >= 15 is 0 Å². The van der Waals surface area contributed by atoms with Crippen molar-refractivity contribution in [1.82, 2.24) is 16.0 Å². The summed E-state index contributed by atoms with van der Waals surface area (Å²) >= 11 is 0. The van der Waals surface area contributed by atoms with Gasteiger partial charge in [-0.05, 0) is 12.8 Å². The number of carbonyl (C=O) groups is 5. The summed E-state index contributed by atoms with van der Waals surface area (Å²) < 4.78 is 5.21. The van der Waals surface area contributed by atoms with Gasteiger partial charge in [-0.1, -0.05) is 58.3 Å². The van der Waals surface area contributed by atoms with Crippen molar-refractivity contribution in [3.63, 3.8) is 0 Å². The average molecular weight is 606 g/mol. The van der Waals surface area contributed by atoms with Crippen molar-refractivity contribution >= 4 is 29.7 Å². The molecule has 0 spiro atoms. The van der Waals surface area contributed by atoms with Gasteiger partial charge in [-0.2, -0.15) is 0 Å². The van der Waals surface area contributed by atoms with Crippen molar-refractivity contribution in [2.75, 3.05) is 6.61 Å². The highest BCUT2D eigenvalue weighted by atomic mass is 16.6. The van der Waals surface area contributed by atoms with E-state index in [2.05, 4.69) is 22.9 Å². The third-order valence-corrected chi connectivity index (χ3v) is 7.03. The Balaban J connectivity index is 2.70. The van der Waals surface area contributed by atoms with Crippen molar-refractivity contribution in [2.24, 2.45) is 0 Å². The number of aliphatic hydroxyl groups is 4. The van der Waals surface area contributed by atoms with Gasteiger partial charge in [0.05, 0.1) is 6.61 Å². The highest BCUT2D eigenvalue weighted by Gasteiger charge is 2.44. The molecule has 0 unspecified atom stereocenters. The Bertz CT molecular complexity index is 871. The zero-order valence-corrected chi connectivity index (χ0v) is 24.1. The average Bonchev–Trinajstić information content (AvgIpc) is 2.94. The number of nitrogens with one attached hydrogen (secondary N) is 3. The first-order chi connectivity index (χ1) is 19.9. The van der Waals surface area contributed by atoms with Gasteiger partial charge in [0.25, 0.3) is 0 Å². The summed E-state index contributed by atoms with van der Waals surface area (Å²) in [7, 11) is 0. The first-order valence-electron chi connectivity index (χ1n) is 14.5. The predicted octanol–water partition coefficient (Wildman–Crippen LogP) is -0.867. The van der Waals surface area contributed by atoms with Crippen LogP contribution in [0.15, 0.2) is 0 Å². The van der Waals surface area contributed by atoms with Crippen molar-refractivity contribution in [1.29, 1.82) is 0 Å². The van der Waals surface area contributed by atoms with Crippen LogP contribution in [0.25, 0.3) is 0 Å². The Morgan fingerprint density at radius 3 is 1.88 bits per heavy atom. The number of amides is 3. The molecule has 15 heteroatoms. The van der Waals surface area contributed by atoms with E-state index in [0.717, 1.165) is 38.5 Å². The maximum absolute atomic E-state index is 12.9. The van der Waals surface area contributed by atoms with Crippen LogP contribution in [0.5, 0.6) is 0 Å². The van der Waals surface area contributed by atoms with Crippen LogP contribution in [0.3, 0.4) is 0 Å². The van der Waals surface area contributed by atoms with E-state index in [4.69, 9.17) is 9.84 Å². The normalized spacial score (nSPS) is 23.4. The van der Waals surface area contributed by atoms with Gasteiger partial charge in [0.1, 0.15) is 36.5 Å². The lowest BCUT2D eigenvalue weighted by Crippen LogP contribution is -2.63. The quantitative estimate of drug-likeness (QED) is 0.0724. The minimum absolute atomic E-state index is 0.203. The Hall–Kier alpha value is -2.85.